The summed E-state index contributed by atoms with van der Waals surface area (Å²) in [5.41, 5.74) is 3.95. The monoisotopic (exact) mass is 361 g/mol. The number of aromatic nitrogens is 1. The topological polar surface area (TPSA) is 68.1 Å². The number of anilines is 2. The van der Waals surface area contributed by atoms with Crippen LogP contribution >= 0.6 is 11.3 Å². The quantitative estimate of drug-likeness (QED) is 0.362. The molecule has 0 amide bonds. The van der Waals surface area contributed by atoms with Crippen molar-refractivity contribution < 1.29 is 4.92 Å². The molecule has 0 spiro atoms. The number of benzene rings is 3. The molecule has 0 aliphatic rings. The van der Waals surface area contributed by atoms with Crippen LogP contribution in [-0.2, 0) is 0 Å². The second-order valence-corrected chi connectivity index (χ2v) is 6.81. The minimum Gasteiger partial charge on any atom is -0.331 e. The van der Waals surface area contributed by atoms with Gasteiger partial charge in [0.2, 0.25) is 0 Å². The largest absolute Gasteiger partial charge is 0.331 e. The van der Waals surface area contributed by atoms with Gasteiger partial charge in [0.05, 0.1) is 16.0 Å². The van der Waals surface area contributed by atoms with E-state index in [2.05, 4.69) is 10.3 Å². The van der Waals surface area contributed by atoms with E-state index in [4.69, 9.17) is 0 Å². The Kier molecular flexibility index (Phi) is 4.10. The highest BCUT2D eigenvalue weighted by molar-refractivity contribution is 7.14. The minimum atomic E-state index is -0.345. The summed E-state index contributed by atoms with van der Waals surface area (Å²) in [6.45, 7) is 1.93. The second-order valence-electron chi connectivity index (χ2n) is 5.95. The predicted molar refractivity (Wildman–Crippen MR) is 106 cm³/mol. The molecule has 0 saturated heterocycles. The molecule has 128 valence electrons. The molecule has 3 aromatic carbocycles. The summed E-state index contributed by atoms with van der Waals surface area (Å²) < 4.78 is 0. The van der Waals surface area contributed by atoms with Crippen LogP contribution in [0.15, 0.2) is 66.0 Å². The Morgan fingerprint density at radius 1 is 1.08 bits per heavy atom. The van der Waals surface area contributed by atoms with Gasteiger partial charge >= 0.3 is 0 Å². The van der Waals surface area contributed by atoms with Crippen molar-refractivity contribution >= 4 is 38.6 Å². The lowest BCUT2D eigenvalue weighted by Gasteiger charge is -2.09. The van der Waals surface area contributed by atoms with Crippen LogP contribution < -0.4 is 5.32 Å². The molecular formula is C20H15N3O2S. The zero-order valence-electron chi connectivity index (χ0n) is 14.0. The maximum absolute atomic E-state index is 11.2. The lowest BCUT2D eigenvalue weighted by atomic mass is 10.0. The van der Waals surface area contributed by atoms with Crippen molar-refractivity contribution in [2.24, 2.45) is 0 Å². The summed E-state index contributed by atoms with van der Waals surface area (Å²) in [5.74, 6) is 0. The van der Waals surface area contributed by atoms with E-state index in [0.717, 1.165) is 33.0 Å². The molecule has 5 nitrogen and oxygen atoms in total. The maximum atomic E-state index is 11.2. The number of hydrogen-bond donors (Lipinski definition) is 1. The number of hydrogen-bond acceptors (Lipinski definition) is 5. The van der Waals surface area contributed by atoms with Gasteiger partial charge in [0, 0.05) is 22.7 Å². The molecule has 0 aliphatic carbocycles. The fourth-order valence-corrected chi connectivity index (χ4v) is 3.63. The summed E-state index contributed by atoms with van der Waals surface area (Å²) >= 11 is 1.53. The molecule has 26 heavy (non-hydrogen) atoms. The fourth-order valence-electron chi connectivity index (χ4n) is 2.90. The Labute approximate surface area is 154 Å². The van der Waals surface area contributed by atoms with Crippen LogP contribution in [0, 0.1) is 17.0 Å². The van der Waals surface area contributed by atoms with E-state index in [-0.39, 0.29) is 10.6 Å². The molecule has 1 heterocycles. The minimum absolute atomic E-state index is 0.123. The van der Waals surface area contributed by atoms with Gasteiger partial charge in [-0.05, 0) is 30.0 Å². The molecule has 0 bridgehead atoms. The summed E-state index contributed by atoms with van der Waals surface area (Å²) in [6, 6.07) is 18.9. The number of aryl methyl sites for hydroxylation is 1. The van der Waals surface area contributed by atoms with Gasteiger partial charge in [-0.2, -0.15) is 0 Å². The highest BCUT2D eigenvalue weighted by atomic mass is 32.1. The van der Waals surface area contributed by atoms with Crippen molar-refractivity contribution in [3.63, 3.8) is 0 Å². The molecular weight excluding hydrogens is 346 g/mol. The molecule has 0 aliphatic heterocycles. The van der Waals surface area contributed by atoms with E-state index in [9.17, 15) is 10.1 Å². The first-order valence-electron chi connectivity index (χ1n) is 8.07. The Morgan fingerprint density at radius 3 is 2.65 bits per heavy atom. The van der Waals surface area contributed by atoms with Gasteiger partial charge < -0.3 is 5.32 Å². The average molecular weight is 361 g/mol. The van der Waals surface area contributed by atoms with Crippen LogP contribution in [-0.4, -0.2) is 9.91 Å². The first kappa shape index (κ1) is 16.2. The first-order chi connectivity index (χ1) is 12.6. The van der Waals surface area contributed by atoms with Crippen molar-refractivity contribution in [2.75, 3.05) is 5.32 Å². The third kappa shape index (κ3) is 3.02. The number of nitro groups is 1. The fraction of sp³-hybridized carbons (Fsp3) is 0.0500. The number of rotatable bonds is 4. The van der Waals surface area contributed by atoms with Crippen molar-refractivity contribution in [1.29, 1.82) is 0 Å². The van der Waals surface area contributed by atoms with Crippen LogP contribution in [0.2, 0.25) is 0 Å². The van der Waals surface area contributed by atoms with Gasteiger partial charge in [0.25, 0.3) is 5.69 Å². The summed E-state index contributed by atoms with van der Waals surface area (Å²) in [6.07, 6.45) is 0. The van der Waals surface area contributed by atoms with Gasteiger partial charge in [0.1, 0.15) is 0 Å². The second kappa shape index (κ2) is 6.57. The molecule has 4 aromatic rings. The number of nitro benzene ring substituents is 1. The Bertz CT molecular complexity index is 1110. The zero-order chi connectivity index (χ0) is 18.1. The van der Waals surface area contributed by atoms with Crippen molar-refractivity contribution in [3.8, 4) is 11.3 Å². The third-order valence-corrected chi connectivity index (χ3v) is 4.97. The SMILES string of the molecule is Cc1cc2c([N+](=O)[O-])cccc2cc1Nc1nc(-c2ccccc2)cs1. The highest BCUT2D eigenvalue weighted by Gasteiger charge is 2.13. The van der Waals surface area contributed by atoms with Crippen LogP contribution in [0.5, 0.6) is 0 Å². The smallest absolute Gasteiger partial charge is 0.277 e. The Morgan fingerprint density at radius 2 is 1.88 bits per heavy atom. The third-order valence-electron chi connectivity index (χ3n) is 4.21. The Hall–Kier alpha value is -3.25. The van der Waals surface area contributed by atoms with Crippen LogP contribution in [0.4, 0.5) is 16.5 Å². The molecule has 0 atom stereocenters. The number of fused-ring (bicyclic) bond motifs is 1. The van der Waals surface area contributed by atoms with Crippen LogP contribution in [0.25, 0.3) is 22.0 Å². The lowest BCUT2D eigenvalue weighted by molar-refractivity contribution is -0.383. The molecule has 1 N–H and O–H groups in total. The molecule has 0 fully saturated rings. The molecule has 6 heteroatoms. The van der Waals surface area contributed by atoms with Crippen LogP contribution in [0.1, 0.15) is 5.56 Å². The summed E-state index contributed by atoms with van der Waals surface area (Å²) in [4.78, 5) is 15.5. The van der Waals surface area contributed by atoms with Gasteiger partial charge in [-0.1, -0.05) is 42.5 Å². The van der Waals surface area contributed by atoms with E-state index in [1.807, 2.05) is 60.8 Å². The number of non-ortho nitro benzene ring substituents is 1. The zero-order valence-corrected chi connectivity index (χ0v) is 14.8. The number of nitrogens with zero attached hydrogens (tertiary/aromatic N) is 2. The standard InChI is InChI=1S/C20H15N3O2S/c1-13-10-16-15(8-5-9-19(16)23(24)25)11-17(13)21-20-22-18(12-26-20)14-6-3-2-4-7-14/h2-12H,1H3,(H,21,22). The molecule has 4 rings (SSSR count). The van der Waals surface area contributed by atoms with Gasteiger partial charge in [-0.3, -0.25) is 10.1 Å². The number of thiazole rings is 1. The van der Waals surface area contributed by atoms with E-state index in [1.54, 1.807) is 6.07 Å². The van der Waals surface area contributed by atoms with E-state index >= 15 is 0 Å². The van der Waals surface area contributed by atoms with Gasteiger partial charge in [-0.25, -0.2) is 4.98 Å². The van der Waals surface area contributed by atoms with Crippen molar-refractivity contribution in [3.05, 3.63) is 81.7 Å². The van der Waals surface area contributed by atoms with E-state index < -0.39 is 0 Å². The van der Waals surface area contributed by atoms with Gasteiger partial charge in [-0.15, -0.1) is 11.3 Å². The summed E-state index contributed by atoms with van der Waals surface area (Å²) in [7, 11) is 0. The predicted octanol–water partition coefficient (Wildman–Crippen LogP) is 5.92. The lowest BCUT2D eigenvalue weighted by Crippen LogP contribution is -1.95. The number of nitrogens with one attached hydrogen (secondary N) is 1. The normalized spacial score (nSPS) is 10.8. The Balaban J connectivity index is 1.69. The van der Waals surface area contributed by atoms with Crippen molar-refractivity contribution in [1.82, 2.24) is 4.98 Å². The average Bonchev–Trinajstić information content (AvgIpc) is 3.11. The van der Waals surface area contributed by atoms with Gasteiger partial charge in [0.15, 0.2) is 5.13 Å². The maximum Gasteiger partial charge on any atom is 0.277 e. The van der Waals surface area contributed by atoms with E-state index in [1.165, 1.54) is 17.4 Å². The molecule has 0 saturated carbocycles. The molecule has 1 aromatic heterocycles. The van der Waals surface area contributed by atoms with Crippen LogP contribution in [0.3, 0.4) is 0 Å². The first-order valence-corrected chi connectivity index (χ1v) is 8.95. The molecule has 0 unspecified atom stereocenters. The highest BCUT2D eigenvalue weighted by Crippen LogP contribution is 2.33. The summed E-state index contributed by atoms with van der Waals surface area (Å²) in [5, 5.41) is 18.8. The molecule has 0 radical (unpaired) electrons. The van der Waals surface area contributed by atoms with Crippen molar-refractivity contribution in [2.45, 2.75) is 6.92 Å². The van der Waals surface area contributed by atoms with E-state index in [0.29, 0.717) is 5.39 Å².